The number of rotatable bonds is 2. The van der Waals surface area contributed by atoms with Crippen molar-refractivity contribution >= 4 is 0 Å². The van der Waals surface area contributed by atoms with Crippen molar-refractivity contribution in [2.24, 2.45) is 0 Å². The van der Waals surface area contributed by atoms with E-state index in [1.807, 2.05) is 0 Å². The van der Waals surface area contributed by atoms with Crippen LogP contribution >= 0.6 is 0 Å². The van der Waals surface area contributed by atoms with E-state index in [1.165, 1.54) is 11.1 Å². The SMILES string of the molecule is CN1CN(C)[C@@H](c2ccccc2)[C@@H]1c1ccccc1. The maximum absolute atomic E-state index is 2.42. The van der Waals surface area contributed by atoms with Crippen molar-refractivity contribution in [3.63, 3.8) is 0 Å². The zero-order chi connectivity index (χ0) is 13.2. The highest BCUT2D eigenvalue weighted by molar-refractivity contribution is 5.29. The Balaban J connectivity index is 2.01. The summed E-state index contributed by atoms with van der Waals surface area (Å²) in [6.45, 7) is 0.999. The molecule has 19 heavy (non-hydrogen) atoms. The van der Waals surface area contributed by atoms with E-state index in [0.29, 0.717) is 12.1 Å². The molecule has 1 aliphatic heterocycles. The lowest BCUT2D eigenvalue weighted by atomic mass is 9.93. The van der Waals surface area contributed by atoms with Crippen molar-refractivity contribution in [2.75, 3.05) is 20.8 Å². The first kappa shape index (κ1) is 12.4. The third kappa shape index (κ3) is 2.29. The van der Waals surface area contributed by atoms with Crippen LogP contribution in [0, 0.1) is 0 Å². The summed E-state index contributed by atoms with van der Waals surface area (Å²) < 4.78 is 0. The molecule has 0 aliphatic carbocycles. The highest BCUT2D eigenvalue weighted by Gasteiger charge is 2.37. The van der Waals surface area contributed by atoms with Crippen molar-refractivity contribution in [3.05, 3.63) is 71.8 Å². The van der Waals surface area contributed by atoms with Gasteiger partial charge in [0.1, 0.15) is 0 Å². The first-order valence-electron chi connectivity index (χ1n) is 6.78. The first-order valence-corrected chi connectivity index (χ1v) is 6.78. The van der Waals surface area contributed by atoms with Crippen LogP contribution in [0.2, 0.25) is 0 Å². The van der Waals surface area contributed by atoms with Gasteiger partial charge in [-0.05, 0) is 25.2 Å². The number of hydrogen-bond donors (Lipinski definition) is 0. The van der Waals surface area contributed by atoms with Crippen molar-refractivity contribution < 1.29 is 0 Å². The van der Waals surface area contributed by atoms with Crippen LogP contribution in [0.15, 0.2) is 60.7 Å². The number of likely N-dealkylation sites (N-methyl/N-ethyl adjacent to an activating group) is 2. The van der Waals surface area contributed by atoms with E-state index >= 15 is 0 Å². The Hall–Kier alpha value is -1.64. The van der Waals surface area contributed by atoms with Gasteiger partial charge in [0.05, 0.1) is 18.8 Å². The molecule has 0 amide bonds. The molecule has 2 nitrogen and oxygen atoms in total. The average Bonchev–Trinajstić information content (AvgIpc) is 2.75. The van der Waals surface area contributed by atoms with Gasteiger partial charge in [0.2, 0.25) is 0 Å². The van der Waals surface area contributed by atoms with Gasteiger partial charge in [0.25, 0.3) is 0 Å². The van der Waals surface area contributed by atoms with E-state index < -0.39 is 0 Å². The zero-order valence-electron chi connectivity index (χ0n) is 11.5. The lowest BCUT2D eigenvalue weighted by Crippen LogP contribution is -2.20. The van der Waals surface area contributed by atoms with Crippen LogP contribution in [0.1, 0.15) is 23.2 Å². The predicted molar refractivity (Wildman–Crippen MR) is 78.8 cm³/mol. The lowest BCUT2D eigenvalue weighted by molar-refractivity contribution is 0.284. The Morgan fingerprint density at radius 1 is 0.684 bits per heavy atom. The molecule has 2 heteroatoms. The molecule has 0 unspecified atom stereocenters. The van der Waals surface area contributed by atoms with Crippen LogP contribution in [0.25, 0.3) is 0 Å². The molecule has 0 aromatic heterocycles. The standard InChI is InChI=1S/C17H20N2/c1-18-13-19(2)17(15-11-7-4-8-12-15)16(18)14-9-5-3-6-10-14/h3-12,16-17H,13H2,1-2H3/t16-,17-/m0/s1. The van der Waals surface area contributed by atoms with Crippen LogP contribution in [0.4, 0.5) is 0 Å². The van der Waals surface area contributed by atoms with E-state index in [4.69, 9.17) is 0 Å². The van der Waals surface area contributed by atoms with Crippen LogP contribution in [0.3, 0.4) is 0 Å². The lowest BCUT2D eigenvalue weighted by Gasteiger charge is -2.26. The average molecular weight is 252 g/mol. The molecule has 2 aromatic carbocycles. The van der Waals surface area contributed by atoms with Crippen LogP contribution in [0.5, 0.6) is 0 Å². The molecule has 2 atom stereocenters. The monoisotopic (exact) mass is 252 g/mol. The molecule has 1 fully saturated rings. The summed E-state index contributed by atoms with van der Waals surface area (Å²) in [5.74, 6) is 0. The summed E-state index contributed by atoms with van der Waals surface area (Å²) in [5, 5.41) is 0. The summed E-state index contributed by atoms with van der Waals surface area (Å²) in [6, 6.07) is 22.5. The molecule has 1 aliphatic rings. The van der Waals surface area contributed by atoms with Gasteiger partial charge in [0.15, 0.2) is 0 Å². The number of hydrogen-bond acceptors (Lipinski definition) is 2. The highest BCUT2D eigenvalue weighted by atomic mass is 15.4. The topological polar surface area (TPSA) is 6.48 Å². The predicted octanol–water partition coefficient (Wildman–Crippen LogP) is 3.30. The molecule has 0 radical (unpaired) electrons. The highest BCUT2D eigenvalue weighted by Crippen LogP contribution is 2.41. The van der Waals surface area contributed by atoms with Gasteiger partial charge in [0, 0.05) is 0 Å². The van der Waals surface area contributed by atoms with Gasteiger partial charge >= 0.3 is 0 Å². The fourth-order valence-corrected chi connectivity index (χ4v) is 3.18. The molecule has 2 aromatic rings. The summed E-state index contributed by atoms with van der Waals surface area (Å²) in [4.78, 5) is 4.85. The summed E-state index contributed by atoms with van der Waals surface area (Å²) >= 11 is 0. The van der Waals surface area contributed by atoms with E-state index in [9.17, 15) is 0 Å². The van der Waals surface area contributed by atoms with Crippen LogP contribution < -0.4 is 0 Å². The van der Waals surface area contributed by atoms with Gasteiger partial charge in [-0.15, -0.1) is 0 Å². The normalized spacial score (nSPS) is 24.7. The van der Waals surface area contributed by atoms with Gasteiger partial charge in [-0.2, -0.15) is 0 Å². The summed E-state index contributed by atoms with van der Waals surface area (Å²) in [5.41, 5.74) is 2.78. The van der Waals surface area contributed by atoms with E-state index in [2.05, 4.69) is 84.6 Å². The van der Waals surface area contributed by atoms with Crippen molar-refractivity contribution in [1.82, 2.24) is 9.80 Å². The largest absolute Gasteiger partial charge is 0.285 e. The molecule has 0 N–H and O–H groups in total. The van der Waals surface area contributed by atoms with Crippen molar-refractivity contribution in [1.29, 1.82) is 0 Å². The Morgan fingerprint density at radius 2 is 1.05 bits per heavy atom. The Labute approximate surface area is 115 Å². The molecule has 1 heterocycles. The van der Waals surface area contributed by atoms with Gasteiger partial charge < -0.3 is 0 Å². The van der Waals surface area contributed by atoms with Gasteiger partial charge in [-0.3, -0.25) is 9.80 Å². The summed E-state index contributed by atoms with van der Waals surface area (Å²) in [6.07, 6.45) is 0. The minimum atomic E-state index is 0.425. The van der Waals surface area contributed by atoms with Crippen molar-refractivity contribution in [3.8, 4) is 0 Å². The molecule has 3 rings (SSSR count). The first-order chi connectivity index (χ1) is 9.27. The molecule has 1 saturated heterocycles. The van der Waals surface area contributed by atoms with Gasteiger partial charge in [-0.1, -0.05) is 60.7 Å². The molecule has 0 saturated carbocycles. The molecule has 0 bridgehead atoms. The smallest absolute Gasteiger partial charge is 0.0554 e. The molecule has 0 spiro atoms. The Bertz CT molecular complexity index is 474. The van der Waals surface area contributed by atoms with E-state index in [1.54, 1.807) is 0 Å². The van der Waals surface area contributed by atoms with Crippen LogP contribution in [-0.2, 0) is 0 Å². The third-order valence-electron chi connectivity index (χ3n) is 3.98. The minimum absolute atomic E-state index is 0.425. The second kappa shape index (κ2) is 5.16. The van der Waals surface area contributed by atoms with E-state index in [-0.39, 0.29) is 0 Å². The summed E-state index contributed by atoms with van der Waals surface area (Å²) in [7, 11) is 4.41. The fourth-order valence-electron chi connectivity index (χ4n) is 3.18. The van der Waals surface area contributed by atoms with Crippen LogP contribution in [-0.4, -0.2) is 30.6 Å². The zero-order valence-corrected chi connectivity index (χ0v) is 11.5. The molecular formula is C17H20N2. The van der Waals surface area contributed by atoms with Crippen molar-refractivity contribution in [2.45, 2.75) is 12.1 Å². The van der Waals surface area contributed by atoms with Gasteiger partial charge in [-0.25, -0.2) is 0 Å². The molecule has 98 valence electrons. The second-order valence-electron chi connectivity index (χ2n) is 5.37. The number of nitrogens with zero attached hydrogens (tertiary/aromatic N) is 2. The molecular weight excluding hydrogens is 232 g/mol. The quantitative estimate of drug-likeness (QED) is 0.809. The number of benzene rings is 2. The van der Waals surface area contributed by atoms with E-state index in [0.717, 1.165) is 6.67 Å². The fraction of sp³-hybridized carbons (Fsp3) is 0.294. The maximum atomic E-state index is 2.42. The third-order valence-corrected chi connectivity index (χ3v) is 3.98. The maximum Gasteiger partial charge on any atom is 0.0554 e. The Kier molecular flexibility index (Phi) is 3.36. The minimum Gasteiger partial charge on any atom is -0.285 e. The Morgan fingerprint density at radius 3 is 1.42 bits per heavy atom. The second-order valence-corrected chi connectivity index (χ2v) is 5.37.